The fourth-order valence-electron chi connectivity index (χ4n) is 3.56. The summed E-state index contributed by atoms with van der Waals surface area (Å²) in [5, 5.41) is 20.2. The van der Waals surface area contributed by atoms with Crippen LogP contribution < -0.4 is 5.32 Å². The first-order chi connectivity index (χ1) is 16.0. The van der Waals surface area contributed by atoms with Gasteiger partial charge in [0.1, 0.15) is 5.82 Å². The van der Waals surface area contributed by atoms with Crippen molar-refractivity contribution in [3.8, 4) is 16.9 Å². The van der Waals surface area contributed by atoms with Gasteiger partial charge in [-0.3, -0.25) is 19.3 Å². The number of nitrogens with zero attached hydrogens (tertiary/aromatic N) is 5. The van der Waals surface area contributed by atoms with Crippen LogP contribution in [0.25, 0.3) is 21.9 Å². The molecule has 2 aromatic carbocycles. The second-order valence-corrected chi connectivity index (χ2v) is 8.29. The zero-order valence-corrected chi connectivity index (χ0v) is 18.3. The van der Waals surface area contributed by atoms with Crippen molar-refractivity contribution in [1.29, 1.82) is 0 Å². The maximum absolute atomic E-state index is 12.9. The van der Waals surface area contributed by atoms with Crippen LogP contribution in [0.2, 0.25) is 0 Å². The summed E-state index contributed by atoms with van der Waals surface area (Å²) in [4.78, 5) is 28.8. The third-order valence-corrected chi connectivity index (χ3v) is 5.99. The molecular formula is C23H18N6O3S. The molecular weight excluding hydrogens is 440 g/mol. The maximum Gasteiger partial charge on any atom is 0.269 e. The standard InChI is InChI=1S/C23H18N6O3S/c1-15-11-21(28(26-15)17-7-9-18(10-8-17)29(31)32)25-22(30)12-19-14-33-23-24-20(13-27(19)23)16-5-3-2-4-6-16/h2-11,13-14H,12H2,1H3,(H,25,30). The minimum absolute atomic E-state index is 0.00936. The van der Waals surface area contributed by atoms with E-state index in [1.165, 1.54) is 23.5 Å². The van der Waals surface area contributed by atoms with Crippen LogP contribution in [0.15, 0.2) is 72.2 Å². The maximum atomic E-state index is 12.9. The molecule has 0 aliphatic rings. The number of rotatable bonds is 6. The Morgan fingerprint density at radius 1 is 1.15 bits per heavy atom. The number of non-ortho nitro benzene ring substituents is 1. The second kappa shape index (κ2) is 8.32. The summed E-state index contributed by atoms with van der Waals surface area (Å²) in [5.41, 5.74) is 4.03. The lowest BCUT2D eigenvalue weighted by molar-refractivity contribution is -0.384. The van der Waals surface area contributed by atoms with Crippen molar-refractivity contribution >= 4 is 33.7 Å². The van der Waals surface area contributed by atoms with Crippen LogP contribution in [0.4, 0.5) is 11.5 Å². The molecule has 0 fully saturated rings. The third kappa shape index (κ3) is 4.11. The Hall–Kier alpha value is -4.31. The van der Waals surface area contributed by atoms with E-state index in [0.29, 0.717) is 17.2 Å². The Balaban J connectivity index is 1.36. The molecule has 0 bridgehead atoms. The van der Waals surface area contributed by atoms with E-state index in [0.717, 1.165) is 21.9 Å². The molecule has 5 rings (SSSR count). The molecule has 9 nitrogen and oxygen atoms in total. The molecule has 0 aliphatic heterocycles. The van der Waals surface area contributed by atoms with Gasteiger partial charge in [0, 0.05) is 41.0 Å². The Morgan fingerprint density at radius 3 is 2.64 bits per heavy atom. The molecule has 10 heteroatoms. The van der Waals surface area contributed by atoms with Gasteiger partial charge in [-0.25, -0.2) is 9.67 Å². The SMILES string of the molecule is Cc1cc(NC(=O)Cc2csc3nc(-c4ccccc4)cn23)n(-c2ccc([N+](=O)[O-])cc2)n1. The van der Waals surface area contributed by atoms with Gasteiger partial charge in [-0.15, -0.1) is 11.3 Å². The average molecular weight is 459 g/mol. The average Bonchev–Trinajstić information content (AvgIpc) is 3.50. The molecule has 3 heterocycles. The Kier molecular flexibility index (Phi) is 5.19. The fourth-order valence-corrected chi connectivity index (χ4v) is 4.43. The van der Waals surface area contributed by atoms with Crippen LogP contribution in [0.1, 0.15) is 11.4 Å². The number of thiazole rings is 1. The van der Waals surface area contributed by atoms with Crippen molar-refractivity contribution in [3.05, 3.63) is 93.7 Å². The molecule has 3 aromatic heterocycles. The summed E-state index contributed by atoms with van der Waals surface area (Å²) in [6, 6.07) is 17.7. The summed E-state index contributed by atoms with van der Waals surface area (Å²) in [6.07, 6.45) is 2.10. The van der Waals surface area contributed by atoms with E-state index in [1.807, 2.05) is 53.2 Å². The Bertz CT molecular complexity index is 1470. The van der Waals surface area contributed by atoms with E-state index in [9.17, 15) is 14.9 Å². The van der Waals surface area contributed by atoms with E-state index in [1.54, 1.807) is 22.9 Å². The monoisotopic (exact) mass is 458 g/mol. The molecule has 0 radical (unpaired) electrons. The van der Waals surface area contributed by atoms with Crippen molar-refractivity contribution in [2.24, 2.45) is 0 Å². The van der Waals surface area contributed by atoms with Crippen LogP contribution >= 0.6 is 11.3 Å². The number of aryl methyl sites for hydroxylation is 1. The molecule has 1 amide bonds. The van der Waals surface area contributed by atoms with Gasteiger partial charge >= 0.3 is 0 Å². The predicted octanol–water partition coefficient (Wildman–Crippen LogP) is 4.65. The topological polar surface area (TPSA) is 107 Å². The van der Waals surface area contributed by atoms with Gasteiger partial charge in [0.05, 0.1) is 28.4 Å². The van der Waals surface area contributed by atoms with E-state index in [2.05, 4.69) is 15.4 Å². The number of aromatic nitrogens is 4. The van der Waals surface area contributed by atoms with Gasteiger partial charge in [0.25, 0.3) is 5.69 Å². The summed E-state index contributed by atoms with van der Waals surface area (Å²) in [7, 11) is 0. The minimum Gasteiger partial charge on any atom is -0.310 e. The van der Waals surface area contributed by atoms with Crippen molar-refractivity contribution in [2.45, 2.75) is 13.3 Å². The summed E-state index contributed by atoms with van der Waals surface area (Å²) < 4.78 is 3.50. The van der Waals surface area contributed by atoms with Crippen LogP contribution in [0, 0.1) is 17.0 Å². The summed E-state index contributed by atoms with van der Waals surface area (Å²) in [6.45, 7) is 1.82. The normalized spacial score (nSPS) is 11.1. The van der Waals surface area contributed by atoms with Crippen LogP contribution in [-0.2, 0) is 11.2 Å². The van der Waals surface area contributed by atoms with Gasteiger partial charge < -0.3 is 5.32 Å². The number of imidazole rings is 1. The number of carbonyl (C=O) groups excluding carboxylic acids is 1. The molecule has 0 aliphatic carbocycles. The highest BCUT2D eigenvalue weighted by Gasteiger charge is 2.16. The molecule has 164 valence electrons. The second-order valence-electron chi connectivity index (χ2n) is 7.45. The fraction of sp³-hybridized carbons (Fsp3) is 0.0870. The zero-order valence-electron chi connectivity index (χ0n) is 17.5. The molecule has 33 heavy (non-hydrogen) atoms. The van der Waals surface area contributed by atoms with Gasteiger partial charge in [0.2, 0.25) is 5.91 Å². The summed E-state index contributed by atoms with van der Waals surface area (Å²) >= 11 is 1.48. The quantitative estimate of drug-likeness (QED) is 0.294. The summed E-state index contributed by atoms with van der Waals surface area (Å²) in [5.74, 6) is 0.293. The number of anilines is 1. The number of fused-ring (bicyclic) bond motifs is 1. The molecule has 5 aromatic rings. The van der Waals surface area contributed by atoms with Crippen molar-refractivity contribution < 1.29 is 9.72 Å². The van der Waals surface area contributed by atoms with Gasteiger partial charge in [-0.1, -0.05) is 30.3 Å². The molecule has 1 N–H and O–H groups in total. The van der Waals surface area contributed by atoms with Crippen LogP contribution in [-0.4, -0.2) is 30.0 Å². The number of nitro benzene ring substituents is 1. The van der Waals surface area contributed by atoms with E-state index < -0.39 is 4.92 Å². The number of benzene rings is 2. The van der Waals surface area contributed by atoms with Crippen LogP contribution in [0.5, 0.6) is 0 Å². The molecule has 0 saturated heterocycles. The lowest BCUT2D eigenvalue weighted by Crippen LogP contribution is -2.17. The highest BCUT2D eigenvalue weighted by Crippen LogP contribution is 2.24. The zero-order chi connectivity index (χ0) is 22.9. The third-order valence-electron chi connectivity index (χ3n) is 5.10. The predicted molar refractivity (Wildman–Crippen MR) is 126 cm³/mol. The van der Waals surface area contributed by atoms with Gasteiger partial charge in [-0.05, 0) is 19.1 Å². The van der Waals surface area contributed by atoms with Crippen molar-refractivity contribution in [3.63, 3.8) is 0 Å². The minimum atomic E-state index is -0.457. The lowest BCUT2D eigenvalue weighted by Gasteiger charge is -2.09. The largest absolute Gasteiger partial charge is 0.310 e. The first-order valence-corrected chi connectivity index (χ1v) is 11.0. The lowest BCUT2D eigenvalue weighted by atomic mass is 10.2. The van der Waals surface area contributed by atoms with Crippen molar-refractivity contribution in [1.82, 2.24) is 19.2 Å². The van der Waals surface area contributed by atoms with Crippen LogP contribution in [0.3, 0.4) is 0 Å². The highest BCUT2D eigenvalue weighted by atomic mass is 32.1. The van der Waals surface area contributed by atoms with E-state index in [-0.39, 0.29) is 18.0 Å². The van der Waals surface area contributed by atoms with E-state index >= 15 is 0 Å². The first kappa shape index (κ1) is 20.6. The number of hydrogen-bond donors (Lipinski definition) is 1. The molecule has 0 unspecified atom stereocenters. The van der Waals surface area contributed by atoms with E-state index in [4.69, 9.17) is 0 Å². The molecule has 0 saturated carbocycles. The smallest absolute Gasteiger partial charge is 0.269 e. The van der Waals surface area contributed by atoms with Gasteiger partial charge in [0.15, 0.2) is 4.96 Å². The Morgan fingerprint density at radius 2 is 1.91 bits per heavy atom. The highest BCUT2D eigenvalue weighted by molar-refractivity contribution is 7.15. The molecule has 0 spiro atoms. The van der Waals surface area contributed by atoms with Gasteiger partial charge in [-0.2, -0.15) is 5.10 Å². The van der Waals surface area contributed by atoms with Crippen molar-refractivity contribution in [2.75, 3.05) is 5.32 Å². The number of hydrogen-bond acceptors (Lipinski definition) is 6. The first-order valence-electron chi connectivity index (χ1n) is 10.1. The number of nitro groups is 1. The number of amides is 1. The number of nitrogens with one attached hydrogen (secondary N) is 1. The Labute approximate surface area is 192 Å². The number of carbonyl (C=O) groups is 1. The molecule has 0 atom stereocenters.